The van der Waals surface area contributed by atoms with Crippen molar-refractivity contribution in [3.63, 3.8) is 0 Å². The minimum absolute atomic E-state index is 0.118. The Kier molecular flexibility index (Phi) is 3.02. The maximum Gasteiger partial charge on any atom is 0.139 e. The lowest BCUT2D eigenvalue weighted by atomic mass is 10.1. The average Bonchev–Trinajstić information content (AvgIpc) is 2.63. The van der Waals surface area contributed by atoms with Crippen molar-refractivity contribution in [2.24, 2.45) is 0 Å². The van der Waals surface area contributed by atoms with E-state index in [-0.39, 0.29) is 6.04 Å². The number of nitrogens with one attached hydrogen (secondary N) is 1. The fraction of sp³-hybridized carbons (Fsp3) is 0.400. The van der Waals surface area contributed by atoms with Crippen LogP contribution in [0.5, 0.6) is 0 Å². The second-order valence-electron chi connectivity index (χ2n) is 3.44. The number of benzene rings is 1. The Balaban J connectivity index is 2.40. The molecule has 4 heteroatoms. The molecule has 0 aromatic heterocycles. The Hall–Kier alpha value is -0.230. The zero-order chi connectivity index (χ0) is 10.1. The van der Waals surface area contributed by atoms with Gasteiger partial charge in [0.05, 0.1) is 3.57 Å². The second-order valence-corrected chi connectivity index (χ2v) is 4.52. The van der Waals surface area contributed by atoms with E-state index in [1.165, 1.54) is 6.07 Å². The molecule has 1 aliphatic heterocycles. The van der Waals surface area contributed by atoms with Gasteiger partial charge in [0.1, 0.15) is 11.6 Å². The maximum absolute atomic E-state index is 13.2. The van der Waals surface area contributed by atoms with Crippen molar-refractivity contribution in [3.8, 4) is 0 Å². The minimum Gasteiger partial charge on any atom is -0.310 e. The summed E-state index contributed by atoms with van der Waals surface area (Å²) in [5.41, 5.74) is 0.751. The lowest BCUT2D eigenvalue weighted by Gasteiger charge is -2.13. The van der Waals surface area contributed by atoms with Crippen LogP contribution in [0, 0.1) is 15.2 Å². The van der Waals surface area contributed by atoms with Crippen LogP contribution in [0.1, 0.15) is 24.4 Å². The Labute approximate surface area is 95.0 Å². The quantitative estimate of drug-likeness (QED) is 0.621. The predicted octanol–water partition coefficient (Wildman–Crippen LogP) is 2.99. The third kappa shape index (κ3) is 1.91. The van der Waals surface area contributed by atoms with Crippen molar-refractivity contribution < 1.29 is 8.78 Å². The first kappa shape index (κ1) is 10.3. The normalized spacial score (nSPS) is 21.5. The first-order chi connectivity index (χ1) is 6.68. The monoisotopic (exact) mass is 309 g/mol. The van der Waals surface area contributed by atoms with Crippen molar-refractivity contribution >= 4 is 22.6 Å². The molecular weight excluding hydrogens is 299 g/mol. The number of rotatable bonds is 1. The smallest absolute Gasteiger partial charge is 0.139 e. The van der Waals surface area contributed by atoms with Crippen molar-refractivity contribution in [1.82, 2.24) is 5.32 Å². The van der Waals surface area contributed by atoms with E-state index in [0.717, 1.165) is 31.0 Å². The molecule has 0 bridgehead atoms. The van der Waals surface area contributed by atoms with Gasteiger partial charge in [-0.25, -0.2) is 8.78 Å². The van der Waals surface area contributed by atoms with Gasteiger partial charge in [0.25, 0.3) is 0 Å². The van der Waals surface area contributed by atoms with Gasteiger partial charge in [0, 0.05) is 12.1 Å². The Morgan fingerprint density at radius 1 is 1.36 bits per heavy atom. The molecule has 0 amide bonds. The molecule has 0 radical (unpaired) electrons. The van der Waals surface area contributed by atoms with Crippen LogP contribution >= 0.6 is 22.6 Å². The topological polar surface area (TPSA) is 12.0 Å². The predicted molar refractivity (Wildman–Crippen MR) is 59.1 cm³/mol. The Bertz CT molecular complexity index is 348. The molecule has 0 saturated carbocycles. The number of hydrogen-bond donors (Lipinski definition) is 1. The molecule has 1 atom stereocenters. The van der Waals surface area contributed by atoms with Crippen LogP contribution in [0.2, 0.25) is 0 Å². The van der Waals surface area contributed by atoms with E-state index in [1.807, 2.05) is 22.6 Å². The van der Waals surface area contributed by atoms with E-state index >= 15 is 0 Å². The number of hydrogen-bond acceptors (Lipinski definition) is 1. The fourth-order valence-corrected chi connectivity index (χ4v) is 2.47. The lowest BCUT2D eigenvalue weighted by molar-refractivity contribution is 0.558. The summed E-state index contributed by atoms with van der Waals surface area (Å²) >= 11 is 1.93. The highest BCUT2D eigenvalue weighted by Crippen LogP contribution is 2.29. The first-order valence-electron chi connectivity index (χ1n) is 4.56. The standard InChI is InChI=1S/C10H10F2IN/c11-6-4-7(9-2-1-3-14-9)10(13)8(12)5-6/h4-5,9,14H,1-3H2/t9-/m0/s1. The van der Waals surface area contributed by atoms with Crippen LogP contribution in [-0.4, -0.2) is 6.54 Å². The Morgan fingerprint density at radius 2 is 2.14 bits per heavy atom. The zero-order valence-corrected chi connectivity index (χ0v) is 9.64. The highest BCUT2D eigenvalue weighted by Gasteiger charge is 2.21. The fourth-order valence-electron chi connectivity index (χ4n) is 1.78. The van der Waals surface area contributed by atoms with Crippen LogP contribution < -0.4 is 5.32 Å². The van der Waals surface area contributed by atoms with Gasteiger partial charge in [-0.1, -0.05) is 0 Å². The molecule has 1 aromatic rings. The van der Waals surface area contributed by atoms with Crippen LogP contribution in [0.4, 0.5) is 8.78 Å². The van der Waals surface area contributed by atoms with Gasteiger partial charge in [-0.05, 0) is 53.6 Å². The summed E-state index contributed by atoms with van der Waals surface area (Å²) in [6, 6.07) is 2.47. The van der Waals surface area contributed by atoms with Crippen molar-refractivity contribution in [2.75, 3.05) is 6.54 Å². The third-order valence-electron chi connectivity index (χ3n) is 2.46. The highest BCUT2D eigenvalue weighted by molar-refractivity contribution is 14.1. The highest BCUT2D eigenvalue weighted by atomic mass is 127. The molecule has 1 saturated heterocycles. The van der Waals surface area contributed by atoms with Crippen LogP contribution in [0.3, 0.4) is 0 Å². The molecule has 14 heavy (non-hydrogen) atoms. The summed E-state index contributed by atoms with van der Waals surface area (Å²) in [6.07, 6.45) is 2.03. The summed E-state index contributed by atoms with van der Waals surface area (Å²) in [5.74, 6) is -0.957. The summed E-state index contributed by atoms with van der Waals surface area (Å²) in [4.78, 5) is 0. The first-order valence-corrected chi connectivity index (χ1v) is 5.64. The van der Waals surface area contributed by atoms with Gasteiger partial charge in [-0.3, -0.25) is 0 Å². The van der Waals surface area contributed by atoms with Crippen LogP contribution in [0.15, 0.2) is 12.1 Å². The van der Waals surface area contributed by atoms with Gasteiger partial charge >= 0.3 is 0 Å². The molecule has 1 aromatic carbocycles. The molecule has 1 fully saturated rings. The SMILES string of the molecule is Fc1cc(F)c(I)c([C@@H]2CCCN2)c1. The summed E-state index contributed by atoms with van der Waals surface area (Å²) < 4.78 is 26.7. The van der Waals surface area contributed by atoms with E-state index in [9.17, 15) is 8.78 Å². The van der Waals surface area contributed by atoms with E-state index in [1.54, 1.807) is 0 Å². The summed E-state index contributed by atoms with van der Waals surface area (Å²) in [6.45, 7) is 0.929. The molecule has 76 valence electrons. The van der Waals surface area contributed by atoms with Crippen molar-refractivity contribution in [3.05, 3.63) is 32.9 Å². The molecule has 1 aliphatic rings. The molecular formula is C10H10F2IN. The van der Waals surface area contributed by atoms with Gasteiger partial charge < -0.3 is 5.32 Å². The van der Waals surface area contributed by atoms with Crippen molar-refractivity contribution in [2.45, 2.75) is 18.9 Å². The second kappa shape index (κ2) is 4.10. The molecule has 1 nitrogen and oxygen atoms in total. The lowest BCUT2D eigenvalue weighted by Crippen LogP contribution is -2.15. The van der Waals surface area contributed by atoms with Gasteiger partial charge in [0.15, 0.2) is 0 Å². The Morgan fingerprint density at radius 3 is 2.79 bits per heavy atom. The summed E-state index contributed by atoms with van der Waals surface area (Å²) in [7, 11) is 0. The molecule has 1 heterocycles. The molecule has 0 aliphatic carbocycles. The maximum atomic E-state index is 13.2. The van der Waals surface area contributed by atoms with Crippen LogP contribution in [0.25, 0.3) is 0 Å². The van der Waals surface area contributed by atoms with Crippen LogP contribution in [-0.2, 0) is 0 Å². The van der Waals surface area contributed by atoms with Gasteiger partial charge in [-0.2, -0.15) is 0 Å². The molecule has 2 rings (SSSR count). The molecule has 0 spiro atoms. The minimum atomic E-state index is -0.494. The zero-order valence-electron chi connectivity index (χ0n) is 7.49. The average molecular weight is 309 g/mol. The van der Waals surface area contributed by atoms with Gasteiger partial charge in [0.2, 0.25) is 0 Å². The van der Waals surface area contributed by atoms with E-state index in [4.69, 9.17) is 0 Å². The van der Waals surface area contributed by atoms with Crippen molar-refractivity contribution in [1.29, 1.82) is 0 Å². The van der Waals surface area contributed by atoms with E-state index in [0.29, 0.717) is 3.57 Å². The number of halogens is 3. The van der Waals surface area contributed by atoms with Gasteiger partial charge in [-0.15, -0.1) is 0 Å². The largest absolute Gasteiger partial charge is 0.310 e. The molecule has 1 N–H and O–H groups in total. The van der Waals surface area contributed by atoms with E-state index in [2.05, 4.69) is 5.32 Å². The summed E-state index contributed by atoms with van der Waals surface area (Å²) in [5, 5.41) is 3.23. The molecule has 0 unspecified atom stereocenters. The van der Waals surface area contributed by atoms with E-state index < -0.39 is 11.6 Å². The third-order valence-corrected chi connectivity index (χ3v) is 3.59.